The maximum absolute atomic E-state index is 11.7. The van der Waals surface area contributed by atoms with Crippen LogP contribution in [-0.2, 0) is 22.6 Å². The van der Waals surface area contributed by atoms with Gasteiger partial charge in [0.05, 0.1) is 13.0 Å². The number of hydrogen-bond acceptors (Lipinski definition) is 4. The first-order valence-electron chi connectivity index (χ1n) is 5.91. The lowest BCUT2D eigenvalue weighted by Crippen LogP contribution is -2.23. The van der Waals surface area contributed by atoms with Gasteiger partial charge in [-0.3, -0.25) is 4.79 Å². The molecule has 0 saturated heterocycles. The van der Waals surface area contributed by atoms with Crippen LogP contribution in [0.4, 0.5) is 0 Å². The molecule has 0 fully saturated rings. The van der Waals surface area contributed by atoms with E-state index in [-0.39, 0.29) is 5.91 Å². The van der Waals surface area contributed by atoms with Gasteiger partial charge in [0.1, 0.15) is 0 Å². The van der Waals surface area contributed by atoms with Crippen molar-refractivity contribution in [3.8, 4) is 0 Å². The number of carbonyl (C=O) groups is 2. The molecule has 0 atom stereocenters. The van der Waals surface area contributed by atoms with Crippen molar-refractivity contribution in [1.82, 2.24) is 5.32 Å². The molecule has 0 spiro atoms. The zero-order valence-corrected chi connectivity index (χ0v) is 12.2. The van der Waals surface area contributed by atoms with Crippen molar-refractivity contribution < 1.29 is 14.7 Å². The minimum absolute atomic E-state index is 0.0144. The van der Waals surface area contributed by atoms with Crippen LogP contribution in [0.3, 0.4) is 0 Å². The lowest BCUT2D eigenvalue weighted by molar-refractivity contribution is -0.131. The van der Waals surface area contributed by atoms with Crippen LogP contribution in [0, 0.1) is 0 Å². The molecule has 0 aliphatic rings. The van der Waals surface area contributed by atoms with Crippen LogP contribution in [0.2, 0.25) is 0 Å². The van der Waals surface area contributed by atoms with E-state index in [0.717, 1.165) is 21.4 Å². The van der Waals surface area contributed by atoms with Crippen molar-refractivity contribution in [3.05, 3.63) is 50.4 Å². The Bertz CT molecular complexity index is 614. The molecule has 104 valence electrons. The molecule has 2 N–H and O–H groups in total. The number of carboxylic acid groups (broad SMARTS) is 1. The summed E-state index contributed by atoms with van der Waals surface area (Å²) in [5.41, 5.74) is 1.02. The largest absolute Gasteiger partial charge is 0.478 e. The number of carboxylic acids is 1. The van der Waals surface area contributed by atoms with Crippen molar-refractivity contribution in [2.75, 3.05) is 0 Å². The summed E-state index contributed by atoms with van der Waals surface area (Å²) in [4.78, 5) is 24.0. The Balaban J connectivity index is 1.82. The van der Waals surface area contributed by atoms with Gasteiger partial charge in [0.2, 0.25) is 5.91 Å². The summed E-state index contributed by atoms with van der Waals surface area (Å²) >= 11 is 3.04. The fraction of sp³-hybridized carbons (Fsp3) is 0.143. The fourth-order valence-corrected chi connectivity index (χ4v) is 3.08. The predicted molar refractivity (Wildman–Crippen MR) is 80.9 cm³/mol. The Labute approximate surface area is 124 Å². The van der Waals surface area contributed by atoms with Gasteiger partial charge >= 0.3 is 5.97 Å². The monoisotopic (exact) mass is 307 g/mol. The fourth-order valence-electron chi connectivity index (χ4n) is 1.56. The standard InChI is InChI=1S/C14H13NO3S2/c16-13(7-10-5-6-19-9-10)15-8-12-2-1-11(20-12)3-4-14(17)18/h1-6,9H,7-8H2,(H,15,16)(H,17,18). The average Bonchev–Trinajstić information content (AvgIpc) is 3.05. The highest BCUT2D eigenvalue weighted by Gasteiger charge is 2.04. The van der Waals surface area contributed by atoms with Gasteiger partial charge < -0.3 is 10.4 Å². The minimum atomic E-state index is -0.969. The first-order chi connectivity index (χ1) is 9.63. The molecule has 6 heteroatoms. The number of thiophene rings is 2. The Kier molecular flexibility index (Phi) is 5.09. The molecule has 2 aromatic heterocycles. The molecule has 4 nitrogen and oxygen atoms in total. The van der Waals surface area contributed by atoms with Crippen LogP contribution in [0.1, 0.15) is 15.3 Å². The highest BCUT2D eigenvalue weighted by atomic mass is 32.1. The quantitative estimate of drug-likeness (QED) is 0.806. The van der Waals surface area contributed by atoms with E-state index in [1.54, 1.807) is 17.4 Å². The summed E-state index contributed by atoms with van der Waals surface area (Å²) in [6, 6.07) is 5.66. The van der Waals surface area contributed by atoms with Crippen LogP contribution < -0.4 is 5.32 Å². The van der Waals surface area contributed by atoms with Gasteiger partial charge in [-0.25, -0.2) is 4.79 Å². The minimum Gasteiger partial charge on any atom is -0.478 e. The van der Waals surface area contributed by atoms with E-state index in [4.69, 9.17) is 5.11 Å². The number of carbonyl (C=O) groups excluding carboxylic acids is 1. The molecule has 0 bridgehead atoms. The van der Waals surface area contributed by atoms with Crippen molar-refractivity contribution in [2.24, 2.45) is 0 Å². The molecule has 1 amide bonds. The second-order valence-corrected chi connectivity index (χ2v) is 6.04. The summed E-state index contributed by atoms with van der Waals surface area (Å²) in [6.07, 6.45) is 3.04. The molecule has 2 rings (SSSR count). The van der Waals surface area contributed by atoms with Crippen molar-refractivity contribution in [1.29, 1.82) is 0 Å². The number of aliphatic carboxylic acids is 1. The molecule has 0 aliphatic heterocycles. The number of nitrogens with one attached hydrogen (secondary N) is 1. The van der Waals surface area contributed by atoms with Crippen molar-refractivity contribution >= 4 is 40.6 Å². The highest BCUT2D eigenvalue weighted by molar-refractivity contribution is 7.12. The lowest BCUT2D eigenvalue weighted by atomic mass is 10.2. The number of rotatable bonds is 6. The Morgan fingerprint density at radius 2 is 2.15 bits per heavy atom. The van der Waals surface area contributed by atoms with E-state index in [0.29, 0.717) is 13.0 Å². The third-order valence-corrected chi connectivity index (χ3v) is 4.26. The SMILES string of the molecule is O=C(O)C=Cc1ccc(CNC(=O)Cc2ccsc2)s1. The molecular formula is C14H13NO3S2. The number of amides is 1. The van der Waals surface area contributed by atoms with Crippen LogP contribution in [0.15, 0.2) is 35.0 Å². The third kappa shape index (κ3) is 4.64. The van der Waals surface area contributed by atoms with Gasteiger partial charge in [0.25, 0.3) is 0 Å². The van der Waals surface area contributed by atoms with Crippen molar-refractivity contribution in [3.63, 3.8) is 0 Å². The molecule has 0 unspecified atom stereocenters. The molecule has 2 heterocycles. The summed E-state index contributed by atoms with van der Waals surface area (Å²) in [7, 11) is 0. The van der Waals surface area contributed by atoms with E-state index in [1.165, 1.54) is 11.3 Å². The third-order valence-electron chi connectivity index (χ3n) is 2.48. The normalized spacial score (nSPS) is 10.8. The van der Waals surface area contributed by atoms with Gasteiger partial charge in [0.15, 0.2) is 0 Å². The van der Waals surface area contributed by atoms with Gasteiger partial charge in [0, 0.05) is 15.8 Å². The Hall–Kier alpha value is -1.92. The average molecular weight is 307 g/mol. The molecule has 0 saturated carbocycles. The summed E-state index contributed by atoms with van der Waals surface area (Å²) < 4.78 is 0. The Morgan fingerprint density at radius 3 is 2.85 bits per heavy atom. The van der Waals surface area contributed by atoms with E-state index in [9.17, 15) is 9.59 Å². The summed E-state index contributed by atoms with van der Waals surface area (Å²) in [5, 5.41) is 15.3. The van der Waals surface area contributed by atoms with Crippen LogP contribution in [-0.4, -0.2) is 17.0 Å². The number of hydrogen-bond donors (Lipinski definition) is 2. The van der Waals surface area contributed by atoms with Gasteiger partial charge in [-0.1, -0.05) is 0 Å². The van der Waals surface area contributed by atoms with E-state index in [1.807, 2.05) is 29.0 Å². The van der Waals surface area contributed by atoms with E-state index >= 15 is 0 Å². The van der Waals surface area contributed by atoms with Gasteiger partial charge in [-0.2, -0.15) is 11.3 Å². The van der Waals surface area contributed by atoms with E-state index < -0.39 is 5.97 Å². The second-order valence-electron chi connectivity index (χ2n) is 4.06. The van der Waals surface area contributed by atoms with E-state index in [2.05, 4.69) is 5.32 Å². The molecule has 2 aromatic rings. The van der Waals surface area contributed by atoms with Gasteiger partial charge in [-0.05, 0) is 40.6 Å². The first-order valence-corrected chi connectivity index (χ1v) is 7.67. The van der Waals surface area contributed by atoms with Crippen LogP contribution >= 0.6 is 22.7 Å². The summed E-state index contributed by atoms with van der Waals surface area (Å²) in [6.45, 7) is 0.467. The maximum atomic E-state index is 11.7. The van der Waals surface area contributed by atoms with Crippen molar-refractivity contribution in [2.45, 2.75) is 13.0 Å². The zero-order valence-electron chi connectivity index (χ0n) is 10.5. The summed E-state index contributed by atoms with van der Waals surface area (Å²) in [5.74, 6) is -0.983. The lowest BCUT2D eigenvalue weighted by Gasteiger charge is -2.02. The highest BCUT2D eigenvalue weighted by Crippen LogP contribution is 2.17. The predicted octanol–water partition coefficient (Wildman–Crippen LogP) is 2.77. The van der Waals surface area contributed by atoms with Crippen LogP contribution in [0.5, 0.6) is 0 Å². The zero-order chi connectivity index (χ0) is 14.4. The maximum Gasteiger partial charge on any atom is 0.328 e. The van der Waals surface area contributed by atoms with Gasteiger partial charge in [-0.15, -0.1) is 11.3 Å². The molecule has 0 aliphatic carbocycles. The molecule has 0 aromatic carbocycles. The first kappa shape index (κ1) is 14.5. The topological polar surface area (TPSA) is 66.4 Å². The second kappa shape index (κ2) is 7.02. The van der Waals surface area contributed by atoms with Crippen LogP contribution in [0.25, 0.3) is 6.08 Å². The molecule has 0 radical (unpaired) electrons. The molecule has 20 heavy (non-hydrogen) atoms. The molecular weight excluding hydrogens is 294 g/mol. The Morgan fingerprint density at radius 1 is 1.30 bits per heavy atom. The smallest absolute Gasteiger partial charge is 0.328 e.